The maximum Gasteiger partial charge on any atom is 0.142 e. The van der Waals surface area contributed by atoms with Crippen LogP contribution in [0, 0.1) is 5.82 Å². The van der Waals surface area contributed by atoms with E-state index in [1.165, 1.54) is 12.1 Å². The minimum atomic E-state index is -0.473. The average Bonchev–Trinajstić information content (AvgIpc) is 2.24. The van der Waals surface area contributed by atoms with Crippen LogP contribution in [0.5, 0.6) is 0 Å². The van der Waals surface area contributed by atoms with Crippen LogP contribution in [0.4, 0.5) is 4.39 Å². The van der Waals surface area contributed by atoms with Crippen LogP contribution in [0.2, 0.25) is 10.0 Å². The van der Waals surface area contributed by atoms with Crippen molar-refractivity contribution < 1.29 is 9.13 Å². The molecule has 1 fully saturated rings. The quantitative estimate of drug-likeness (QED) is 0.793. The standard InChI is InChI=1S/C12H14Cl2FNO/c1-12(2)6-17-11(5-16-12)7-3-10(15)9(14)4-8(7)13/h3-4,11,16H,5-6H2,1-2H3. The van der Waals surface area contributed by atoms with Crippen LogP contribution in [-0.4, -0.2) is 18.7 Å². The van der Waals surface area contributed by atoms with E-state index in [0.29, 0.717) is 23.7 Å². The predicted molar refractivity (Wildman–Crippen MR) is 67.2 cm³/mol. The Bertz CT molecular complexity index is 427. The predicted octanol–water partition coefficient (Wildman–Crippen LogP) is 3.57. The summed E-state index contributed by atoms with van der Waals surface area (Å²) in [7, 11) is 0. The SMILES string of the molecule is CC1(C)COC(c2cc(F)c(Cl)cc2Cl)CN1. The molecule has 1 N–H and O–H groups in total. The first-order valence-electron chi connectivity index (χ1n) is 5.40. The number of hydrogen-bond acceptors (Lipinski definition) is 2. The van der Waals surface area contributed by atoms with Crippen molar-refractivity contribution in [3.63, 3.8) is 0 Å². The summed E-state index contributed by atoms with van der Waals surface area (Å²) >= 11 is 11.7. The largest absolute Gasteiger partial charge is 0.370 e. The van der Waals surface area contributed by atoms with Crippen molar-refractivity contribution in [1.82, 2.24) is 5.32 Å². The Morgan fingerprint density at radius 2 is 2.06 bits per heavy atom. The molecule has 5 heteroatoms. The number of ether oxygens (including phenoxy) is 1. The fraction of sp³-hybridized carbons (Fsp3) is 0.500. The van der Waals surface area contributed by atoms with Gasteiger partial charge >= 0.3 is 0 Å². The second-order valence-electron chi connectivity index (χ2n) is 4.85. The molecule has 0 radical (unpaired) electrons. The van der Waals surface area contributed by atoms with Crippen LogP contribution in [-0.2, 0) is 4.74 Å². The van der Waals surface area contributed by atoms with Gasteiger partial charge in [-0.1, -0.05) is 23.2 Å². The normalized spacial score (nSPS) is 23.7. The highest BCUT2D eigenvalue weighted by atomic mass is 35.5. The molecule has 2 rings (SSSR count). The van der Waals surface area contributed by atoms with Crippen molar-refractivity contribution in [3.05, 3.63) is 33.6 Å². The highest BCUT2D eigenvalue weighted by molar-refractivity contribution is 6.35. The number of halogens is 3. The summed E-state index contributed by atoms with van der Waals surface area (Å²) in [5.74, 6) is -0.473. The number of hydrogen-bond donors (Lipinski definition) is 1. The maximum atomic E-state index is 13.4. The second-order valence-corrected chi connectivity index (χ2v) is 5.67. The molecule has 0 saturated carbocycles. The van der Waals surface area contributed by atoms with Gasteiger partial charge in [0.1, 0.15) is 5.82 Å². The topological polar surface area (TPSA) is 21.3 Å². The first kappa shape index (κ1) is 13.1. The Morgan fingerprint density at radius 3 is 2.65 bits per heavy atom. The van der Waals surface area contributed by atoms with Gasteiger partial charge in [-0.25, -0.2) is 4.39 Å². The lowest BCUT2D eigenvalue weighted by atomic mass is 10.0. The summed E-state index contributed by atoms with van der Waals surface area (Å²) in [4.78, 5) is 0. The third-order valence-electron chi connectivity index (χ3n) is 2.80. The second kappa shape index (κ2) is 4.73. The zero-order valence-corrected chi connectivity index (χ0v) is 11.2. The van der Waals surface area contributed by atoms with Crippen molar-refractivity contribution in [2.24, 2.45) is 0 Å². The number of nitrogens with one attached hydrogen (secondary N) is 1. The molecule has 94 valence electrons. The van der Waals surface area contributed by atoms with Crippen LogP contribution >= 0.6 is 23.2 Å². The lowest BCUT2D eigenvalue weighted by Gasteiger charge is -2.36. The molecule has 2 nitrogen and oxygen atoms in total. The van der Waals surface area contributed by atoms with E-state index in [2.05, 4.69) is 5.32 Å². The lowest BCUT2D eigenvalue weighted by molar-refractivity contribution is -0.0229. The van der Waals surface area contributed by atoms with Gasteiger partial charge in [0.15, 0.2) is 0 Å². The third-order valence-corrected chi connectivity index (χ3v) is 3.41. The Balaban J connectivity index is 2.21. The molecule has 1 aromatic rings. The van der Waals surface area contributed by atoms with Crippen molar-refractivity contribution in [2.45, 2.75) is 25.5 Å². The molecule has 1 saturated heterocycles. The molecule has 1 aliphatic rings. The third kappa shape index (κ3) is 2.91. The molecule has 0 aliphatic carbocycles. The molecule has 0 amide bonds. The van der Waals surface area contributed by atoms with Gasteiger partial charge < -0.3 is 10.1 Å². The fourth-order valence-corrected chi connectivity index (χ4v) is 2.28. The van der Waals surface area contributed by atoms with E-state index in [0.717, 1.165) is 0 Å². The van der Waals surface area contributed by atoms with Crippen LogP contribution in [0.15, 0.2) is 12.1 Å². The van der Waals surface area contributed by atoms with Gasteiger partial charge in [-0.2, -0.15) is 0 Å². The Morgan fingerprint density at radius 1 is 1.35 bits per heavy atom. The van der Waals surface area contributed by atoms with Crippen molar-refractivity contribution in [1.29, 1.82) is 0 Å². The highest BCUT2D eigenvalue weighted by Gasteiger charge is 2.29. The van der Waals surface area contributed by atoms with E-state index < -0.39 is 5.82 Å². The minimum absolute atomic E-state index is 0.0304. The van der Waals surface area contributed by atoms with E-state index in [4.69, 9.17) is 27.9 Å². The molecule has 1 aromatic carbocycles. The molecular weight excluding hydrogens is 264 g/mol. The van der Waals surface area contributed by atoms with E-state index in [9.17, 15) is 4.39 Å². The molecule has 0 bridgehead atoms. The number of benzene rings is 1. The lowest BCUT2D eigenvalue weighted by Crippen LogP contribution is -2.50. The van der Waals surface area contributed by atoms with E-state index in [1.54, 1.807) is 0 Å². The van der Waals surface area contributed by atoms with Gasteiger partial charge in [-0.3, -0.25) is 0 Å². The molecule has 1 unspecified atom stereocenters. The van der Waals surface area contributed by atoms with E-state index >= 15 is 0 Å². The van der Waals surface area contributed by atoms with Crippen LogP contribution in [0.3, 0.4) is 0 Å². The molecule has 1 atom stereocenters. The zero-order valence-electron chi connectivity index (χ0n) is 9.69. The highest BCUT2D eigenvalue weighted by Crippen LogP contribution is 2.32. The molecular formula is C12H14Cl2FNO. The molecule has 0 aromatic heterocycles. The van der Waals surface area contributed by atoms with Crippen molar-refractivity contribution in [3.8, 4) is 0 Å². The summed E-state index contributed by atoms with van der Waals surface area (Å²) in [5, 5.41) is 3.79. The molecule has 17 heavy (non-hydrogen) atoms. The van der Waals surface area contributed by atoms with Gasteiger partial charge in [0.05, 0.1) is 17.7 Å². The monoisotopic (exact) mass is 277 g/mol. The van der Waals surface area contributed by atoms with E-state index in [-0.39, 0.29) is 16.7 Å². The van der Waals surface area contributed by atoms with Gasteiger partial charge in [0.25, 0.3) is 0 Å². The molecule has 1 aliphatic heterocycles. The first-order valence-corrected chi connectivity index (χ1v) is 6.16. The van der Waals surface area contributed by atoms with Gasteiger partial charge in [0, 0.05) is 22.7 Å². The average molecular weight is 278 g/mol. The molecule has 1 heterocycles. The molecule has 0 spiro atoms. The maximum absolute atomic E-state index is 13.4. The summed E-state index contributed by atoms with van der Waals surface area (Å²) < 4.78 is 19.1. The smallest absolute Gasteiger partial charge is 0.142 e. The summed E-state index contributed by atoms with van der Waals surface area (Å²) in [6.07, 6.45) is -0.234. The van der Waals surface area contributed by atoms with Gasteiger partial charge in [-0.05, 0) is 26.0 Å². The van der Waals surface area contributed by atoms with Gasteiger partial charge in [0.2, 0.25) is 0 Å². The van der Waals surface area contributed by atoms with E-state index in [1.807, 2.05) is 13.8 Å². The summed E-state index contributed by atoms with van der Waals surface area (Å²) in [6.45, 7) is 5.26. The van der Waals surface area contributed by atoms with Crippen molar-refractivity contribution in [2.75, 3.05) is 13.2 Å². The van der Waals surface area contributed by atoms with Crippen LogP contribution in [0.1, 0.15) is 25.5 Å². The summed E-state index contributed by atoms with van der Waals surface area (Å²) in [6, 6.07) is 2.76. The van der Waals surface area contributed by atoms with Gasteiger partial charge in [-0.15, -0.1) is 0 Å². The van der Waals surface area contributed by atoms with Crippen LogP contribution in [0.25, 0.3) is 0 Å². The van der Waals surface area contributed by atoms with Crippen LogP contribution < -0.4 is 5.32 Å². The fourth-order valence-electron chi connectivity index (χ4n) is 1.77. The Hall–Kier alpha value is -0.350. The minimum Gasteiger partial charge on any atom is -0.370 e. The Kier molecular flexibility index (Phi) is 3.64. The Labute approximate surface area is 110 Å². The first-order chi connectivity index (χ1) is 7.89. The summed E-state index contributed by atoms with van der Waals surface area (Å²) in [5.41, 5.74) is 0.574. The number of morpholine rings is 1. The number of rotatable bonds is 1. The zero-order chi connectivity index (χ0) is 12.6. The van der Waals surface area contributed by atoms with Crippen molar-refractivity contribution >= 4 is 23.2 Å².